The Hall–Kier alpha value is -2.11. The first-order valence-electron chi connectivity index (χ1n) is 6.71. The van der Waals surface area contributed by atoms with E-state index in [1.54, 1.807) is 13.0 Å². The minimum absolute atomic E-state index is 0.00526. The number of aromatic nitrogens is 2. The van der Waals surface area contributed by atoms with Crippen molar-refractivity contribution in [1.29, 1.82) is 0 Å². The van der Waals surface area contributed by atoms with Gasteiger partial charge in [0, 0.05) is 12.1 Å². The summed E-state index contributed by atoms with van der Waals surface area (Å²) < 4.78 is 11.5. The number of hydrogen-bond acceptors (Lipinski definition) is 5. The molecular weight excluding hydrogens is 260 g/mol. The summed E-state index contributed by atoms with van der Waals surface area (Å²) in [6.45, 7) is 5.63. The molecule has 20 heavy (non-hydrogen) atoms. The van der Waals surface area contributed by atoms with Gasteiger partial charge in [-0.3, -0.25) is 9.59 Å². The van der Waals surface area contributed by atoms with Gasteiger partial charge in [0.2, 0.25) is 0 Å². The fourth-order valence-corrected chi connectivity index (χ4v) is 2.03. The number of nitrogens with zero attached hydrogens (tertiary/aromatic N) is 2. The molecule has 0 unspecified atom stereocenters. The first-order valence-corrected chi connectivity index (χ1v) is 6.71. The maximum atomic E-state index is 11.8. The molecule has 2 heterocycles. The zero-order chi connectivity index (χ0) is 14.7. The molecule has 0 spiro atoms. The standard InChI is InChI=1S/C14H18N2O4/c1-4-10(5-2)14(18)19-8-11-7-13(17)16-12(15-11)6-9(3)20-16/h6-7,10H,4-5,8H2,1-3H3. The number of fused-ring (bicyclic) bond motifs is 1. The molecule has 2 rings (SSSR count). The van der Waals surface area contributed by atoms with Crippen LogP contribution in [0.3, 0.4) is 0 Å². The smallest absolute Gasteiger partial charge is 0.309 e. The summed E-state index contributed by atoms with van der Waals surface area (Å²) >= 11 is 0. The van der Waals surface area contributed by atoms with Crippen LogP contribution in [0.25, 0.3) is 5.65 Å². The van der Waals surface area contributed by atoms with E-state index < -0.39 is 0 Å². The fraction of sp³-hybridized carbons (Fsp3) is 0.500. The number of carbonyl (C=O) groups excluding carboxylic acids is 1. The van der Waals surface area contributed by atoms with Crippen LogP contribution in [0, 0.1) is 12.8 Å². The summed E-state index contributed by atoms with van der Waals surface area (Å²) in [5.41, 5.74) is 0.523. The van der Waals surface area contributed by atoms with Crippen LogP contribution in [-0.2, 0) is 16.1 Å². The highest BCUT2D eigenvalue weighted by Gasteiger charge is 2.16. The molecule has 0 fully saturated rings. The van der Waals surface area contributed by atoms with E-state index in [4.69, 9.17) is 9.26 Å². The number of rotatable bonds is 5. The third-order valence-electron chi connectivity index (χ3n) is 3.21. The van der Waals surface area contributed by atoms with E-state index in [0.29, 0.717) is 17.1 Å². The lowest BCUT2D eigenvalue weighted by Crippen LogP contribution is -2.18. The van der Waals surface area contributed by atoms with Crippen molar-refractivity contribution in [3.8, 4) is 0 Å². The van der Waals surface area contributed by atoms with Gasteiger partial charge in [-0.05, 0) is 19.8 Å². The van der Waals surface area contributed by atoms with Gasteiger partial charge in [-0.2, -0.15) is 0 Å². The molecule has 6 nitrogen and oxygen atoms in total. The quantitative estimate of drug-likeness (QED) is 0.783. The number of hydrogen-bond donors (Lipinski definition) is 0. The van der Waals surface area contributed by atoms with Crippen LogP contribution in [-0.4, -0.2) is 15.5 Å². The fourth-order valence-electron chi connectivity index (χ4n) is 2.03. The largest absolute Gasteiger partial charge is 0.459 e. The van der Waals surface area contributed by atoms with E-state index >= 15 is 0 Å². The van der Waals surface area contributed by atoms with Gasteiger partial charge in [0.1, 0.15) is 12.4 Å². The zero-order valence-corrected chi connectivity index (χ0v) is 11.9. The van der Waals surface area contributed by atoms with E-state index in [9.17, 15) is 9.59 Å². The molecule has 0 aliphatic carbocycles. The molecule has 0 saturated carbocycles. The van der Waals surface area contributed by atoms with Crippen LogP contribution in [0.5, 0.6) is 0 Å². The summed E-state index contributed by atoms with van der Waals surface area (Å²) in [6.07, 6.45) is 1.48. The molecule has 0 aromatic carbocycles. The minimum Gasteiger partial charge on any atom is -0.459 e. The van der Waals surface area contributed by atoms with Crippen LogP contribution in [0.2, 0.25) is 0 Å². The highest BCUT2D eigenvalue weighted by atomic mass is 16.5. The Kier molecular flexibility index (Phi) is 4.22. The number of aryl methyl sites for hydroxylation is 1. The van der Waals surface area contributed by atoms with Crippen LogP contribution >= 0.6 is 0 Å². The van der Waals surface area contributed by atoms with Crippen molar-refractivity contribution in [1.82, 2.24) is 9.56 Å². The highest BCUT2D eigenvalue weighted by molar-refractivity contribution is 5.72. The van der Waals surface area contributed by atoms with Gasteiger partial charge in [-0.25, -0.2) is 4.98 Å². The molecular formula is C14H18N2O4. The van der Waals surface area contributed by atoms with Gasteiger partial charge in [0.05, 0.1) is 11.6 Å². The van der Waals surface area contributed by atoms with Crippen molar-refractivity contribution in [3.05, 3.63) is 33.9 Å². The maximum Gasteiger partial charge on any atom is 0.309 e. The summed E-state index contributed by atoms with van der Waals surface area (Å²) in [5.74, 6) is 0.247. The van der Waals surface area contributed by atoms with E-state index in [-0.39, 0.29) is 24.1 Å². The summed E-state index contributed by atoms with van der Waals surface area (Å²) in [7, 11) is 0. The average molecular weight is 278 g/mol. The Bertz CT molecular complexity index is 667. The molecule has 0 N–H and O–H groups in total. The molecule has 2 aromatic rings. The van der Waals surface area contributed by atoms with Crippen molar-refractivity contribution >= 4 is 11.6 Å². The Labute approximate surface area is 116 Å². The molecule has 0 aliphatic rings. The predicted molar refractivity (Wildman–Crippen MR) is 72.3 cm³/mol. The molecule has 0 saturated heterocycles. The second kappa shape index (κ2) is 5.90. The Morgan fingerprint density at radius 1 is 1.40 bits per heavy atom. The van der Waals surface area contributed by atoms with Crippen LogP contribution in [0.15, 0.2) is 21.5 Å². The zero-order valence-electron chi connectivity index (χ0n) is 11.9. The molecule has 0 atom stereocenters. The second-order valence-electron chi connectivity index (χ2n) is 4.71. The highest BCUT2D eigenvalue weighted by Crippen LogP contribution is 2.11. The molecule has 0 radical (unpaired) electrons. The number of ether oxygens (including phenoxy) is 1. The van der Waals surface area contributed by atoms with E-state index in [2.05, 4.69) is 4.98 Å². The summed E-state index contributed by atoms with van der Waals surface area (Å²) in [6, 6.07) is 2.98. The Morgan fingerprint density at radius 2 is 2.10 bits per heavy atom. The first kappa shape index (κ1) is 14.3. The lowest BCUT2D eigenvalue weighted by atomic mass is 10.0. The summed E-state index contributed by atoms with van der Waals surface area (Å²) in [5, 5.41) is 0. The van der Waals surface area contributed by atoms with Gasteiger partial charge in [-0.15, -0.1) is 4.57 Å². The van der Waals surface area contributed by atoms with Gasteiger partial charge in [0.15, 0.2) is 5.65 Å². The third-order valence-corrected chi connectivity index (χ3v) is 3.21. The normalized spacial score (nSPS) is 11.2. The van der Waals surface area contributed by atoms with Crippen LogP contribution in [0.4, 0.5) is 0 Å². The van der Waals surface area contributed by atoms with Crippen molar-refractivity contribution in [2.24, 2.45) is 5.92 Å². The van der Waals surface area contributed by atoms with E-state index in [1.807, 2.05) is 13.8 Å². The minimum atomic E-state index is -0.323. The molecule has 0 aliphatic heterocycles. The van der Waals surface area contributed by atoms with Gasteiger partial charge in [-0.1, -0.05) is 13.8 Å². The SMILES string of the molecule is CCC(CC)C(=O)OCc1cc(=O)n2oc(C)cc2n1. The predicted octanol–water partition coefficient (Wildman–Crippen LogP) is 2.08. The third kappa shape index (κ3) is 2.89. The van der Waals surface area contributed by atoms with Gasteiger partial charge >= 0.3 is 5.97 Å². The van der Waals surface area contributed by atoms with Crippen LogP contribution in [0.1, 0.15) is 38.1 Å². The first-order chi connectivity index (χ1) is 9.55. The number of carbonyl (C=O) groups is 1. The van der Waals surface area contributed by atoms with Crippen molar-refractivity contribution in [2.75, 3.05) is 0 Å². The second-order valence-corrected chi connectivity index (χ2v) is 4.71. The molecule has 0 amide bonds. The van der Waals surface area contributed by atoms with E-state index in [0.717, 1.165) is 17.4 Å². The van der Waals surface area contributed by atoms with Gasteiger partial charge < -0.3 is 9.26 Å². The van der Waals surface area contributed by atoms with E-state index in [1.165, 1.54) is 6.07 Å². The average Bonchev–Trinajstić information content (AvgIpc) is 2.79. The molecule has 2 aromatic heterocycles. The van der Waals surface area contributed by atoms with Crippen molar-refractivity contribution < 1.29 is 14.1 Å². The number of esters is 1. The maximum absolute atomic E-state index is 11.8. The van der Waals surface area contributed by atoms with Crippen LogP contribution < -0.4 is 5.56 Å². The molecule has 0 bridgehead atoms. The Balaban J connectivity index is 2.14. The van der Waals surface area contributed by atoms with Crippen molar-refractivity contribution in [2.45, 2.75) is 40.2 Å². The lowest BCUT2D eigenvalue weighted by Gasteiger charge is -2.11. The van der Waals surface area contributed by atoms with Gasteiger partial charge in [0.25, 0.3) is 5.56 Å². The summed E-state index contributed by atoms with van der Waals surface area (Å²) in [4.78, 5) is 27.8. The Morgan fingerprint density at radius 3 is 2.75 bits per heavy atom. The molecule has 6 heteroatoms. The lowest BCUT2D eigenvalue weighted by molar-refractivity contribution is -0.150. The monoisotopic (exact) mass is 278 g/mol. The molecule has 108 valence electrons. The van der Waals surface area contributed by atoms with Crippen molar-refractivity contribution in [3.63, 3.8) is 0 Å². The topological polar surface area (TPSA) is 73.8 Å².